The molecule has 1 aromatic heterocycles. The molecule has 1 aliphatic heterocycles. The van der Waals surface area contributed by atoms with Gasteiger partial charge in [-0.05, 0) is 12.0 Å². The van der Waals surface area contributed by atoms with Crippen LogP contribution in [0.3, 0.4) is 0 Å². The van der Waals surface area contributed by atoms with Crippen LogP contribution in [0.1, 0.15) is 17.0 Å². The molecule has 0 radical (unpaired) electrons. The van der Waals surface area contributed by atoms with E-state index in [4.69, 9.17) is 4.74 Å². The Hall–Kier alpha value is -1.68. The van der Waals surface area contributed by atoms with Gasteiger partial charge >= 0.3 is 0 Å². The topological polar surface area (TPSA) is 39.9 Å². The fourth-order valence-corrected chi connectivity index (χ4v) is 2.29. The van der Waals surface area contributed by atoms with Gasteiger partial charge < -0.3 is 4.74 Å². The van der Waals surface area contributed by atoms with E-state index in [0.29, 0.717) is 6.61 Å². The number of hydrogen-bond acceptors (Lipinski definition) is 3. The van der Waals surface area contributed by atoms with Crippen LogP contribution in [0, 0.1) is 0 Å². The predicted octanol–water partition coefficient (Wildman–Crippen LogP) is 1.51. The van der Waals surface area contributed by atoms with Crippen molar-refractivity contribution in [2.75, 3.05) is 7.11 Å². The van der Waals surface area contributed by atoms with Gasteiger partial charge in [-0.25, -0.2) is 0 Å². The minimum atomic E-state index is 0.626. The van der Waals surface area contributed by atoms with Gasteiger partial charge in [-0.3, -0.25) is 4.57 Å². The van der Waals surface area contributed by atoms with Gasteiger partial charge in [-0.1, -0.05) is 18.2 Å². The van der Waals surface area contributed by atoms with Crippen LogP contribution in [-0.4, -0.2) is 21.9 Å². The Morgan fingerprint density at radius 3 is 3.19 bits per heavy atom. The first-order valence-electron chi connectivity index (χ1n) is 5.39. The van der Waals surface area contributed by atoms with E-state index in [1.54, 1.807) is 13.4 Å². The van der Waals surface area contributed by atoms with Crippen LogP contribution in [0.4, 0.5) is 0 Å². The summed E-state index contributed by atoms with van der Waals surface area (Å²) < 4.78 is 7.31. The van der Waals surface area contributed by atoms with Crippen molar-refractivity contribution >= 4 is 0 Å². The van der Waals surface area contributed by atoms with Crippen molar-refractivity contribution in [3.63, 3.8) is 0 Å². The number of para-hydroxylation sites is 1. The molecule has 2 aromatic rings. The number of methoxy groups -OCH3 is 1. The van der Waals surface area contributed by atoms with E-state index in [9.17, 15) is 0 Å². The maximum Gasteiger partial charge on any atom is 0.137 e. The molecule has 0 fully saturated rings. The van der Waals surface area contributed by atoms with E-state index in [-0.39, 0.29) is 0 Å². The fraction of sp³-hybridized carbons (Fsp3) is 0.333. The van der Waals surface area contributed by atoms with Crippen molar-refractivity contribution in [2.45, 2.75) is 19.4 Å². The highest BCUT2D eigenvalue weighted by Gasteiger charge is 2.19. The van der Waals surface area contributed by atoms with Gasteiger partial charge in [-0.2, -0.15) is 0 Å². The SMILES string of the molecule is COCc1cccc2c1-n1cnnc1CC2. The van der Waals surface area contributed by atoms with Crippen molar-refractivity contribution in [1.82, 2.24) is 14.8 Å². The number of fused-ring (bicyclic) bond motifs is 3. The Kier molecular flexibility index (Phi) is 2.22. The second kappa shape index (κ2) is 3.72. The van der Waals surface area contributed by atoms with Crippen LogP contribution in [0.2, 0.25) is 0 Å². The van der Waals surface area contributed by atoms with Crippen molar-refractivity contribution in [1.29, 1.82) is 0 Å². The molecule has 2 heterocycles. The van der Waals surface area contributed by atoms with E-state index in [2.05, 4.69) is 33.0 Å². The highest BCUT2D eigenvalue weighted by Crippen LogP contribution is 2.26. The summed E-state index contributed by atoms with van der Waals surface area (Å²) in [6, 6.07) is 6.34. The van der Waals surface area contributed by atoms with E-state index in [1.807, 2.05) is 0 Å². The highest BCUT2D eigenvalue weighted by atomic mass is 16.5. The fourth-order valence-electron chi connectivity index (χ4n) is 2.29. The summed E-state index contributed by atoms with van der Waals surface area (Å²) in [4.78, 5) is 0. The summed E-state index contributed by atoms with van der Waals surface area (Å²) in [5.41, 5.74) is 3.75. The van der Waals surface area contributed by atoms with Crippen LogP contribution in [0.15, 0.2) is 24.5 Å². The lowest BCUT2D eigenvalue weighted by atomic mass is 9.99. The third-order valence-electron chi connectivity index (χ3n) is 2.98. The Balaban J connectivity index is 2.20. The van der Waals surface area contributed by atoms with Crippen molar-refractivity contribution in [3.8, 4) is 5.69 Å². The molecule has 0 atom stereocenters. The summed E-state index contributed by atoms with van der Waals surface area (Å²) in [7, 11) is 1.72. The molecule has 1 aliphatic rings. The first-order valence-corrected chi connectivity index (χ1v) is 5.39. The van der Waals surface area contributed by atoms with Crippen molar-refractivity contribution < 1.29 is 4.74 Å². The second-order valence-electron chi connectivity index (χ2n) is 3.98. The summed E-state index contributed by atoms with van der Waals surface area (Å²) >= 11 is 0. The number of hydrogen-bond donors (Lipinski definition) is 0. The van der Waals surface area contributed by atoms with Crippen LogP contribution in [0.25, 0.3) is 5.69 Å². The minimum absolute atomic E-state index is 0.626. The maximum absolute atomic E-state index is 5.23. The largest absolute Gasteiger partial charge is 0.380 e. The van der Waals surface area contributed by atoms with Gasteiger partial charge in [-0.15, -0.1) is 10.2 Å². The van der Waals surface area contributed by atoms with Crippen LogP contribution < -0.4 is 0 Å². The average Bonchev–Trinajstić information content (AvgIpc) is 2.77. The summed E-state index contributed by atoms with van der Waals surface area (Å²) in [5, 5.41) is 8.11. The lowest BCUT2D eigenvalue weighted by molar-refractivity contribution is 0.184. The van der Waals surface area contributed by atoms with Crippen LogP contribution >= 0.6 is 0 Å². The second-order valence-corrected chi connectivity index (χ2v) is 3.98. The van der Waals surface area contributed by atoms with Crippen LogP contribution in [-0.2, 0) is 24.2 Å². The highest BCUT2D eigenvalue weighted by molar-refractivity contribution is 5.50. The zero-order chi connectivity index (χ0) is 11.0. The number of rotatable bonds is 2. The zero-order valence-electron chi connectivity index (χ0n) is 9.18. The predicted molar refractivity (Wildman–Crippen MR) is 59.5 cm³/mol. The molecule has 1 aromatic carbocycles. The molecular weight excluding hydrogens is 202 g/mol. The van der Waals surface area contributed by atoms with E-state index < -0.39 is 0 Å². The lowest BCUT2D eigenvalue weighted by Crippen LogP contribution is -2.14. The third-order valence-corrected chi connectivity index (χ3v) is 2.98. The molecule has 4 nitrogen and oxygen atoms in total. The van der Waals surface area contributed by atoms with Crippen molar-refractivity contribution in [2.24, 2.45) is 0 Å². The molecule has 16 heavy (non-hydrogen) atoms. The number of aryl methyl sites for hydroxylation is 2. The van der Waals surface area contributed by atoms with Gasteiger partial charge in [0.25, 0.3) is 0 Å². The molecule has 0 spiro atoms. The molecule has 0 unspecified atom stereocenters. The average molecular weight is 215 g/mol. The smallest absolute Gasteiger partial charge is 0.137 e. The zero-order valence-corrected chi connectivity index (χ0v) is 9.18. The Morgan fingerprint density at radius 1 is 1.38 bits per heavy atom. The van der Waals surface area contributed by atoms with Gasteiger partial charge in [0.05, 0.1) is 12.3 Å². The quantitative estimate of drug-likeness (QED) is 0.762. The molecule has 4 heteroatoms. The molecule has 0 N–H and O–H groups in total. The Morgan fingerprint density at radius 2 is 2.31 bits per heavy atom. The minimum Gasteiger partial charge on any atom is -0.380 e. The number of nitrogens with zero attached hydrogens (tertiary/aromatic N) is 3. The summed E-state index contributed by atoms with van der Waals surface area (Å²) in [6.07, 6.45) is 3.78. The molecule has 3 rings (SSSR count). The Labute approximate surface area is 93.9 Å². The van der Waals surface area contributed by atoms with Gasteiger partial charge in [0, 0.05) is 19.1 Å². The molecule has 0 aliphatic carbocycles. The molecule has 82 valence electrons. The lowest BCUT2D eigenvalue weighted by Gasteiger charge is -2.20. The molecule has 0 bridgehead atoms. The Bertz CT molecular complexity index is 519. The molecule has 0 saturated heterocycles. The number of ether oxygens (including phenoxy) is 1. The monoisotopic (exact) mass is 215 g/mol. The van der Waals surface area contributed by atoms with Crippen LogP contribution in [0.5, 0.6) is 0 Å². The van der Waals surface area contributed by atoms with Gasteiger partial charge in [0.15, 0.2) is 0 Å². The normalized spacial score (nSPS) is 13.3. The molecular formula is C12H13N3O. The summed E-state index contributed by atoms with van der Waals surface area (Å²) in [6.45, 7) is 0.626. The molecule has 0 saturated carbocycles. The molecule has 0 amide bonds. The van der Waals surface area contributed by atoms with Gasteiger partial charge in [0.2, 0.25) is 0 Å². The first kappa shape index (κ1) is 9.54. The van der Waals surface area contributed by atoms with E-state index in [0.717, 1.165) is 18.7 Å². The summed E-state index contributed by atoms with van der Waals surface area (Å²) in [5.74, 6) is 1.04. The number of benzene rings is 1. The van der Waals surface area contributed by atoms with Gasteiger partial charge in [0.1, 0.15) is 12.2 Å². The van der Waals surface area contributed by atoms with Crippen molar-refractivity contribution in [3.05, 3.63) is 41.5 Å². The maximum atomic E-state index is 5.23. The standard InChI is InChI=1S/C12H13N3O/c1-16-7-10-4-2-3-9-5-6-11-14-13-8-15(11)12(9)10/h2-4,8H,5-7H2,1H3. The number of aromatic nitrogens is 3. The van der Waals surface area contributed by atoms with E-state index in [1.165, 1.54) is 16.8 Å². The third kappa shape index (κ3) is 1.34. The van der Waals surface area contributed by atoms with E-state index >= 15 is 0 Å². The first-order chi connectivity index (χ1) is 7.90.